The highest BCUT2D eigenvalue weighted by atomic mass is 32.1. The molecule has 21 heavy (non-hydrogen) atoms. The minimum Gasteiger partial charge on any atom is -0.302 e. The lowest BCUT2D eigenvalue weighted by Crippen LogP contribution is -2.27. The molecule has 1 saturated carbocycles. The first-order chi connectivity index (χ1) is 10.0. The molecule has 1 heterocycles. The molecule has 3 rings (SSSR count). The molecular weight excluding hydrogens is 294 g/mol. The summed E-state index contributed by atoms with van der Waals surface area (Å²) in [7, 11) is 0. The Balaban J connectivity index is 1.78. The molecule has 1 N–H and O–H groups in total. The van der Waals surface area contributed by atoms with Gasteiger partial charge in [0.05, 0.1) is 4.70 Å². The van der Waals surface area contributed by atoms with Gasteiger partial charge in [-0.25, -0.2) is 13.8 Å². The van der Waals surface area contributed by atoms with Gasteiger partial charge in [0.25, 0.3) is 0 Å². The third-order valence-electron chi connectivity index (χ3n) is 3.95. The van der Waals surface area contributed by atoms with Crippen LogP contribution in [0, 0.1) is 23.5 Å². The molecule has 2 aromatic rings. The SMILES string of the molecule is C[C@@H]1CCC[C@H](C(=O)Nc2nc3c(F)cc(F)cc3s2)C1. The average molecular weight is 310 g/mol. The summed E-state index contributed by atoms with van der Waals surface area (Å²) in [6.07, 6.45) is 3.97. The molecule has 0 bridgehead atoms. The Morgan fingerprint density at radius 1 is 1.38 bits per heavy atom. The number of aromatic nitrogens is 1. The minimum absolute atomic E-state index is 0.0117. The third-order valence-corrected chi connectivity index (χ3v) is 4.87. The lowest BCUT2D eigenvalue weighted by Gasteiger charge is -2.25. The summed E-state index contributed by atoms with van der Waals surface area (Å²) < 4.78 is 27.2. The van der Waals surface area contributed by atoms with E-state index in [1.54, 1.807) is 0 Å². The Bertz CT molecular complexity index is 686. The van der Waals surface area contributed by atoms with Crippen molar-refractivity contribution in [2.24, 2.45) is 11.8 Å². The second-order valence-electron chi connectivity index (χ2n) is 5.71. The fourth-order valence-electron chi connectivity index (χ4n) is 2.89. The number of anilines is 1. The number of nitrogens with one attached hydrogen (secondary N) is 1. The van der Waals surface area contributed by atoms with Crippen molar-refractivity contribution in [1.82, 2.24) is 4.98 Å². The van der Waals surface area contributed by atoms with E-state index in [9.17, 15) is 13.6 Å². The molecule has 1 aromatic heterocycles. The molecule has 0 aliphatic heterocycles. The average Bonchev–Trinajstić information content (AvgIpc) is 2.81. The Morgan fingerprint density at radius 2 is 2.19 bits per heavy atom. The number of halogens is 2. The third kappa shape index (κ3) is 3.05. The van der Waals surface area contributed by atoms with Crippen LogP contribution in [0.15, 0.2) is 12.1 Å². The number of thiazole rings is 1. The summed E-state index contributed by atoms with van der Waals surface area (Å²) in [4.78, 5) is 16.3. The van der Waals surface area contributed by atoms with Crippen LogP contribution < -0.4 is 5.32 Å². The summed E-state index contributed by atoms with van der Waals surface area (Å²) in [5, 5.41) is 3.08. The number of hydrogen-bond acceptors (Lipinski definition) is 3. The number of hydrogen-bond donors (Lipinski definition) is 1. The monoisotopic (exact) mass is 310 g/mol. The van der Waals surface area contributed by atoms with Crippen molar-refractivity contribution in [2.45, 2.75) is 32.6 Å². The molecule has 112 valence electrons. The molecule has 6 heteroatoms. The van der Waals surface area contributed by atoms with E-state index in [1.807, 2.05) is 0 Å². The maximum Gasteiger partial charge on any atom is 0.229 e. The Morgan fingerprint density at radius 3 is 2.95 bits per heavy atom. The van der Waals surface area contributed by atoms with Crippen molar-refractivity contribution < 1.29 is 13.6 Å². The number of carbonyl (C=O) groups excluding carboxylic acids is 1. The highest BCUT2D eigenvalue weighted by Gasteiger charge is 2.25. The van der Waals surface area contributed by atoms with Gasteiger partial charge in [-0.3, -0.25) is 4.79 Å². The van der Waals surface area contributed by atoms with E-state index in [2.05, 4.69) is 17.2 Å². The van der Waals surface area contributed by atoms with Gasteiger partial charge >= 0.3 is 0 Å². The lowest BCUT2D eigenvalue weighted by molar-refractivity contribution is -0.121. The van der Waals surface area contributed by atoms with Crippen LogP contribution in [-0.4, -0.2) is 10.9 Å². The summed E-state index contributed by atoms with van der Waals surface area (Å²) in [5.74, 6) is -0.865. The van der Waals surface area contributed by atoms with E-state index in [-0.39, 0.29) is 17.3 Å². The predicted molar refractivity (Wildman–Crippen MR) is 79.3 cm³/mol. The number of amides is 1. The van der Waals surface area contributed by atoms with Gasteiger partial charge in [-0.05, 0) is 24.8 Å². The molecule has 0 spiro atoms. The summed E-state index contributed by atoms with van der Waals surface area (Å²) in [5.41, 5.74) is 0.105. The molecule has 2 atom stereocenters. The van der Waals surface area contributed by atoms with Gasteiger partial charge in [0.1, 0.15) is 11.3 Å². The maximum atomic E-state index is 13.6. The Labute approximate surface area is 125 Å². The first-order valence-electron chi connectivity index (χ1n) is 7.09. The van der Waals surface area contributed by atoms with Crippen molar-refractivity contribution in [3.8, 4) is 0 Å². The van der Waals surface area contributed by atoms with Gasteiger partial charge in [-0.15, -0.1) is 0 Å². The number of carbonyl (C=O) groups is 1. The molecule has 0 radical (unpaired) electrons. The second kappa shape index (κ2) is 5.67. The summed E-state index contributed by atoms with van der Waals surface area (Å²) in [6.45, 7) is 2.15. The molecular formula is C15H16F2N2OS. The van der Waals surface area contributed by atoms with Crippen molar-refractivity contribution in [2.75, 3.05) is 5.32 Å². The second-order valence-corrected chi connectivity index (χ2v) is 6.74. The van der Waals surface area contributed by atoms with Crippen LogP contribution >= 0.6 is 11.3 Å². The summed E-state index contributed by atoms with van der Waals surface area (Å²) >= 11 is 1.10. The normalized spacial score (nSPS) is 22.4. The quantitative estimate of drug-likeness (QED) is 0.896. The zero-order valence-corrected chi connectivity index (χ0v) is 12.5. The largest absolute Gasteiger partial charge is 0.302 e. The van der Waals surface area contributed by atoms with Gasteiger partial charge in [-0.1, -0.05) is 31.1 Å². The first-order valence-corrected chi connectivity index (χ1v) is 7.91. The lowest BCUT2D eigenvalue weighted by atomic mass is 9.82. The van der Waals surface area contributed by atoms with E-state index >= 15 is 0 Å². The number of benzene rings is 1. The zero-order chi connectivity index (χ0) is 15.0. The van der Waals surface area contributed by atoms with Gasteiger partial charge in [-0.2, -0.15) is 0 Å². The van der Waals surface area contributed by atoms with Crippen LogP contribution in [0.2, 0.25) is 0 Å². The van der Waals surface area contributed by atoms with Gasteiger partial charge in [0.15, 0.2) is 10.9 Å². The van der Waals surface area contributed by atoms with Crippen LogP contribution in [-0.2, 0) is 4.79 Å². The fourth-order valence-corrected chi connectivity index (χ4v) is 3.80. The fraction of sp³-hybridized carbons (Fsp3) is 0.467. The van der Waals surface area contributed by atoms with Crippen LogP contribution in [0.3, 0.4) is 0 Å². The molecule has 1 aromatic carbocycles. The van der Waals surface area contributed by atoms with E-state index in [0.717, 1.165) is 43.1 Å². The van der Waals surface area contributed by atoms with Crippen LogP contribution in [0.1, 0.15) is 32.6 Å². The Hall–Kier alpha value is -1.56. The predicted octanol–water partition coefficient (Wildman–Crippen LogP) is 4.34. The molecule has 1 fully saturated rings. The number of fused-ring (bicyclic) bond motifs is 1. The first kappa shape index (κ1) is 14.4. The number of nitrogens with zero attached hydrogens (tertiary/aromatic N) is 1. The maximum absolute atomic E-state index is 13.6. The summed E-state index contributed by atoms with van der Waals surface area (Å²) in [6, 6.07) is 2.03. The molecule has 3 nitrogen and oxygen atoms in total. The highest BCUT2D eigenvalue weighted by Crippen LogP contribution is 2.32. The standard InChI is InChI=1S/C15H16F2N2OS/c1-8-3-2-4-9(5-8)14(20)19-15-18-13-11(17)6-10(16)7-12(13)21-15/h6-9H,2-5H2,1H3,(H,18,19,20)/t8-,9+/m1/s1. The van der Waals surface area contributed by atoms with E-state index in [0.29, 0.717) is 15.7 Å². The van der Waals surface area contributed by atoms with E-state index in [4.69, 9.17) is 0 Å². The number of rotatable bonds is 2. The van der Waals surface area contributed by atoms with Gasteiger partial charge in [0, 0.05) is 12.0 Å². The van der Waals surface area contributed by atoms with Crippen molar-refractivity contribution in [3.63, 3.8) is 0 Å². The molecule has 1 amide bonds. The molecule has 1 aliphatic rings. The van der Waals surface area contributed by atoms with E-state index in [1.165, 1.54) is 6.07 Å². The van der Waals surface area contributed by atoms with Crippen LogP contribution in [0.25, 0.3) is 10.2 Å². The molecule has 0 saturated heterocycles. The van der Waals surface area contributed by atoms with Crippen LogP contribution in [0.5, 0.6) is 0 Å². The topological polar surface area (TPSA) is 42.0 Å². The van der Waals surface area contributed by atoms with Crippen molar-refractivity contribution >= 4 is 32.6 Å². The van der Waals surface area contributed by atoms with Gasteiger partial charge in [0.2, 0.25) is 5.91 Å². The van der Waals surface area contributed by atoms with Gasteiger partial charge < -0.3 is 5.32 Å². The minimum atomic E-state index is -0.701. The van der Waals surface area contributed by atoms with Crippen LogP contribution in [0.4, 0.5) is 13.9 Å². The Kier molecular flexibility index (Phi) is 3.89. The highest BCUT2D eigenvalue weighted by molar-refractivity contribution is 7.22. The zero-order valence-electron chi connectivity index (χ0n) is 11.7. The van der Waals surface area contributed by atoms with E-state index < -0.39 is 11.6 Å². The smallest absolute Gasteiger partial charge is 0.229 e. The molecule has 0 unspecified atom stereocenters. The molecule has 1 aliphatic carbocycles. The van der Waals surface area contributed by atoms with Crippen molar-refractivity contribution in [3.05, 3.63) is 23.8 Å². The van der Waals surface area contributed by atoms with Crippen molar-refractivity contribution in [1.29, 1.82) is 0 Å².